The maximum atomic E-state index is 13.2. The largest absolute Gasteiger partial charge is 0.507 e. The summed E-state index contributed by atoms with van der Waals surface area (Å²) in [5.41, 5.74) is 0.867. The third kappa shape index (κ3) is 9.75. The van der Waals surface area contributed by atoms with Crippen LogP contribution in [0.25, 0.3) is 11.3 Å². The van der Waals surface area contributed by atoms with Gasteiger partial charge < -0.3 is 25.0 Å². The number of rotatable bonds is 11. The number of hydrogen-bond acceptors (Lipinski definition) is 8. The third-order valence-electron chi connectivity index (χ3n) is 6.12. The number of fused-ring (bicyclic) bond motifs is 3. The molecule has 0 bridgehead atoms. The number of nitrogens with zero attached hydrogens (tertiary/aromatic N) is 2. The van der Waals surface area contributed by atoms with Crippen molar-refractivity contribution in [2.45, 2.75) is 84.0 Å². The third-order valence-corrected chi connectivity index (χ3v) is 6.12. The molecule has 0 amide bonds. The number of phenolic OH excluding ortho intramolecular Hbond substituents is 1. The number of aromatic nitrogens is 2. The van der Waals surface area contributed by atoms with Crippen LogP contribution in [-0.4, -0.2) is 52.7 Å². The highest BCUT2D eigenvalue weighted by Gasteiger charge is 2.33. The molecular formula is C27H38F3N3O5. The standard InChI is InChI=1S/C23H30F3N3O2.C4H8O3/c1-3-5-6-9-18(4-2)27-20-12-15-8-7-10-31-14-16-11-17(23(24,25)26)13-19(30)21(16)22(15)29-28-20;5-2-1-3-7-4-6/h11-13,18,30H,3-10,14H2,1-2H3,(H,27,28);4-5H,1-3H2. The number of ether oxygens (including phenoxy) is 2. The normalized spacial score (nSPS) is 13.9. The Morgan fingerprint density at radius 1 is 1.16 bits per heavy atom. The predicted octanol–water partition coefficient (Wildman–Crippen LogP) is 5.64. The summed E-state index contributed by atoms with van der Waals surface area (Å²) in [6, 6.07) is 3.96. The first-order valence-electron chi connectivity index (χ1n) is 13.0. The number of aryl methyl sites for hydroxylation is 1. The van der Waals surface area contributed by atoms with E-state index in [1.807, 2.05) is 6.07 Å². The molecule has 8 nitrogen and oxygen atoms in total. The molecule has 1 aliphatic heterocycles. The zero-order chi connectivity index (χ0) is 28.0. The molecule has 38 heavy (non-hydrogen) atoms. The predicted molar refractivity (Wildman–Crippen MR) is 138 cm³/mol. The number of unbranched alkanes of at least 4 members (excludes halogenated alkanes) is 2. The number of halogens is 3. The van der Waals surface area contributed by atoms with E-state index in [1.54, 1.807) is 0 Å². The van der Waals surface area contributed by atoms with Crippen molar-refractivity contribution in [1.82, 2.24) is 10.2 Å². The molecule has 3 N–H and O–H groups in total. The van der Waals surface area contributed by atoms with Gasteiger partial charge in [-0.3, -0.25) is 4.79 Å². The Morgan fingerprint density at radius 2 is 1.95 bits per heavy atom. The summed E-state index contributed by atoms with van der Waals surface area (Å²) in [5.74, 6) is 0.188. The van der Waals surface area contributed by atoms with Gasteiger partial charge in [0.2, 0.25) is 0 Å². The van der Waals surface area contributed by atoms with Gasteiger partial charge >= 0.3 is 6.18 Å². The van der Waals surface area contributed by atoms with E-state index >= 15 is 0 Å². The summed E-state index contributed by atoms with van der Waals surface area (Å²) in [6.45, 7) is 5.45. The van der Waals surface area contributed by atoms with Crippen LogP contribution < -0.4 is 5.32 Å². The minimum absolute atomic E-state index is 0.0245. The summed E-state index contributed by atoms with van der Waals surface area (Å²) in [5, 5.41) is 30.6. The molecular weight excluding hydrogens is 503 g/mol. The van der Waals surface area contributed by atoms with Crippen LogP contribution in [0.2, 0.25) is 0 Å². The van der Waals surface area contributed by atoms with Gasteiger partial charge in [-0.15, -0.1) is 10.2 Å². The number of carbonyl (C=O) groups excluding carboxylic acids is 1. The summed E-state index contributed by atoms with van der Waals surface area (Å²) >= 11 is 0. The number of aromatic hydroxyl groups is 1. The average molecular weight is 542 g/mol. The maximum Gasteiger partial charge on any atom is 0.416 e. The Hall–Kier alpha value is -2.92. The van der Waals surface area contributed by atoms with Gasteiger partial charge in [0, 0.05) is 31.2 Å². The van der Waals surface area contributed by atoms with Crippen LogP contribution in [0.15, 0.2) is 18.2 Å². The van der Waals surface area contributed by atoms with Gasteiger partial charge in [0.05, 0.1) is 18.8 Å². The van der Waals surface area contributed by atoms with Crippen molar-refractivity contribution in [3.63, 3.8) is 0 Å². The van der Waals surface area contributed by atoms with Gasteiger partial charge in [-0.25, -0.2) is 0 Å². The molecule has 0 spiro atoms. The fourth-order valence-electron chi connectivity index (χ4n) is 4.11. The summed E-state index contributed by atoms with van der Waals surface area (Å²) in [4.78, 5) is 9.38. The summed E-state index contributed by atoms with van der Waals surface area (Å²) in [7, 11) is 0. The lowest BCUT2D eigenvalue weighted by Gasteiger charge is -2.19. The lowest BCUT2D eigenvalue weighted by molar-refractivity contribution is -0.137. The number of nitrogens with one attached hydrogen (secondary N) is 1. The van der Waals surface area contributed by atoms with Crippen molar-refractivity contribution in [2.75, 3.05) is 25.1 Å². The molecule has 0 radical (unpaired) electrons. The van der Waals surface area contributed by atoms with Crippen molar-refractivity contribution in [3.05, 3.63) is 34.9 Å². The van der Waals surface area contributed by atoms with E-state index in [9.17, 15) is 23.1 Å². The molecule has 2 heterocycles. The first-order chi connectivity index (χ1) is 18.2. The van der Waals surface area contributed by atoms with Crippen molar-refractivity contribution in [3.8, 4) is 17.0 Å². The van der Waals surface area contributed by atoms with Gasteiger partial charge in [-0.05, 0) is 55.0 Å². The van der Waals surface area contributed by atoms with E-state index in [4.69, 9.17) is 9.84 Å². The SMILES string of the molecule is CCCCCC(CC)Nc1cc2c(nn1)-c1c(O)cc(C(F)(F)F)cc1COCCC2.O=COCCCO. The van der Waals surface area contributed by atoms with E-state index in [1.165, 1.54) is 6.42 Å². The van der Waals surface area contributed by atoms with Gasteiger partial charge in [-0.1, -0.05) is 33.1 Å². The van der Waals surface area contributed by atoms with Crippen LogP contribution in [0.4, 0.5) is 19.0 Å². The van der Waals surface area contributed by atoms with Crippen LogP contribution in [0.5, 0.6) is 5.75 Å². The Morgan fingerprint density at radius 3 is 2.61 bits per heavy atom. The van der Waals surface area contributed by atoms with E-state index in [2.05, 4.69) is 34.1 Å². The Kier molecular flexibility index (Phi) is 13.3. The quantitative estimate of drug-likeness (QED) is 0.247. The van der Waals surface area contributed by atoms with Crippen molar-refractivity contribution in [1.29, 1.82) is 0 Å². The Bertz CT molecular complexity index is 1000. The van der Waals surface area contributed by atoms with Crippen LogP contribution in [0.1, 0.15) is 75.5 Å². The zero-order valence-electron chi connectivity index (χ0n) is 22.0. The molecule has 1 unspecified atom stereocenters. The fourth-order valence-corrected chi connectivity index (χ4v) is 4.11. The molecule has 1 aliphatic rings. The number of aliphatic hydroxyl groups excluding tert-OH is 1. The molecule has 0 aliphatic carbocycles. The number of hydrogen-bond donors (Lipinski definition) is 3. The maximum absolute atomic E-state index is 13.2. The molecule has 0 saturated heterocycles. The highest BCUT2D eigenvalue weighted by molar-refractivity contribution is 5.74. The second-order valence-corrected chi connectivity index (χ2v) is 9.08. The second-order valence-electron chi connectivity index (χ2n) is 9.08. The first-order valence-corrected chi connectivity index (χ1v) is 13.0. The van der Waals surface area contributed by atoms with E-state index in [-0.39, 0.29) is 30.4 Å². The highest BCUT2D eigenvalue weighted by atomic mass is 19.4. The lowest BCUT2D eigenvalue weighted by atomic mass is 9.96. The van der Waals surface area contributed by atoms with Crippen LogP contribution in [0, 0.1) is 0 Å². The topological polar surface area (TPSA) is 114 Å². The molecule has 1 atom stereocenters. The average Bonchev–Trinajstić information content (AvgIpc) is 2.97. The number of phenols is 1. The fraction of sp³-hybridized carbons (Fsp3) is 0.593. The van der Waals surface area contributed by atoms with Gasteiger partial charge in [0.15, 0.2) is 0 Å². The number of aliphatic hydroxyl groups is 1. The van der Waals surface area contributed by atoms with Gasteiger partial charge in [-0.2, -0.15) is 13.2 Å². The van der Waals surface area contributed by atoms with Crippen LogP contribution in [-0.2, 0) is 33.5 Å². The van der Waals surface area contributed by atoms with Crippen molar-refractivity contribution < 1.29 is 37.7 Å². The van der Waals surface area contributed by atoms with Gasteiger partial charge in [0.25, 0.3) is 6.47 Å². The number of alkyl halides is 3. The molecule has 212 valence electrons. The zero-order valence-corrected chi connectivity index (χ0v) is 22.0. The van der Waals surface area contributed by atoms with Crippen LogP contribution in [0.3, 0.4) is 0 Å². The molecule has 0 saturated carbocycles. The minimum atomic E-state index is -4.56. The molecule has 1 aromatic carbocycles. The van der Waals surface area contributed by atoms with Gasteiger partial charge in [0.1, 0.15) is 17.3 Å². The molecule has 1 aromatic heterocycles. The number of anilines is 1. The highest BCUT2D eigenvalue weighted by Crippen LogP contribution is 2.41. The van der Waals surface area contributed by atoms with Crippen LogP contribution >= 0.6 is 0 Å². The minimum Gasteiger partial charge on any atom is -0.507 e. The monoisotopic (exact) mass is 541 g/mol. The van der Waals surface area contributed by atoms with E-state index in [0.29, 0.717) is 50.5 Å². The Balaban J connectivity index is 0.000000638. The Labute approximate surface area is 221 Å². The van der Waals surface area contributed by atoms with Crippen molar-refractivity contribution in [2.24, 2.45) is 0 Å². The first kappa shape index (κ1) is 31.3. The van der Waals surface area contributed by atoms with Crippen molar-refractivity contribution >= 4 is 12.3 Å². The van der Waals surface area contributed by atoms with E-state index < -0.39 is 17.5 Å². The number of carbonyl (C=O) groups is 1. The molecule has 2 aromatic rings. The molecule has 0 fully saturated rings. The van der Waals surface area contributed by atoms with E-state index in [0.717, 1.165) is 43.4 Å². The second kappa shape index (κ2) is 16.1. The lowest BCUT2D eigenvalue weighted by Crippen LogP contribution is -2.19. The smallest absolute Gasteiger partial charge is 0.416 e. The molecule has 3 rings (SSSR count). The number of benzene rings is 1. The summed E-state index contributed by atoms with van der Waals surface area (Å²) in [6.07, 6.45) is 2.79. The molecule has 11 heteroatoms. The summed E-state index contributed by atoms with van der Waals surface area (Å²) < 4.78 is 49.5.